The molecule has 0 saturated heterocycles. The molecular formula is C18H21N3O3. The van der Waals surface area contributed by atoms with Crippen LogP contribution in [0.4, 0.5) is 0 Å². The van der Waals surface area contributed by atoms with Gasteiger partial charge in [-0.3, -0.25) is 9.78 Å². The molecule has 24 heavy (non-hydrogen) atoms. The Morgan fingerprint density at radius 2 is 1.88 bits per heavy atom. The van der Waals surface area contributed by atoms with Crippen LogP contribution in [0.25, 0.3) is 0 Å². The highest BCUT2D eigenvalue weighted by Gasteiger charge is 2.14. The smallest absolute Gasteiger partial charge is 0.359 e. The van der Waals surface area contributed by atoms with Gasteiger partial charge in [0.1, 0.15) is 0 Å². The fourth-order valence-electron chi connectivity index (χ4n) is 2.11. The van der Waals surface area contributed by atoms with Gasteiger partial charge in [0.25, 0.3) is 5.91 Å². The minimum atomic E-state index is -0.669. The normalized spacial score (nSPS) is 11.6. The van der Waals surface area contributed by atoms with Crippen molar-refractivity contribution >= 4 is 11.9 Å². The van der Waals surface area contributed by atoms with Crippen LogP contribution in [0, 0.1) is 6.92 Å². The summed E-state index contributed by atoms with van der Waals surface area (Å²) in [5.41, 5.74) is 3.02. The Morgan fingerprint density at radius 3 is 2.46 bits per heavy atom. The number of aryl methyl sites for hydroxylation is 2. The Bertz CT molecular complexity index is 696. The molecule has 0 spiro atoms. The summed E-state index contributed by atoms with van der Waals surface area (Å²) in [5.74, 6) is -1.03. The molecule has 2 rings (SSSR count). The van der Waals surface area contributed by atoms with E-state index >= 15 is 0 Å². The van der Waals surface area contributed by atoms with Gasteiger partial charge in [-0.05, 0) is 31.4 Å². The van der Waals surface area contributed by atoms with E-state index in [0.29, 0.717) is 5.69 Å². The highest BCUT2D eigenvalue weighted by Crippen LogP contribution is 2.13. The average molecular weight is 327 g/mol. The number of carbonyl (C=O) groups is 2. The van der Waals surface area contributed by atoms with Gasteiger partial charge in [-0.15, -0.1) is 0 Å². The largest absolute Gasteiger partial charge is 0.451 e. The lowest BCUT2D eigenvalue weighted by molar-refractivity contribution is -0.124. The molecule has 0 radical (unpaired) electrons. The number of aromatic nitrogens is 2. The number of ether oxygens (including phenoxy) is 1. The first-order valence-corrected chi connectivity index (χ1v) is 7.83. The average Bonchev–Trinajstić information content (AvgIpc) is 2.60. The van der Waals surface area contributed by atoms with Crippen LogP contribution in [0.5, 0.6) is 0 Å². The number of rotatable bonds is 6. The zero-order valence-electron chi connectivity index (χ0n) is 14.1. The van der Waals surface area contributed by atoms with Crippen molar-refractivity contribution in [3.63, 3.8) is 0 Å². The van der Waals surface area contributed by atoms with Gasteiger partial charge < -0.3 is 10.1 Å². The lowest BCUT2D eigenvalue weighted by Crippen LogP contribution is -2.31. The summed E-state index contributed by atoms with van der Waals surface area (Å²) >= 11 is 0. The lowest BCUT2D eigenvalue weighted by Gasteiger charge is -2.14. The first-order chi connectivity index (χ1) is 11.5. The number of benzene rings is 1. The van der Waals surface area contributed by atoms with Crippen molar-refractivity contribution in [1.82, 2.24) is 15.3 Å². The summed E-state index contributed by atoms with van der Waals surface area (Å²) in [6, 6.07) is 7.87. The first-order valence-electron chi connectivity index (χ1n) is 7.83. The van der Waals surface area contributed by atoms with E-state index in [2.05, 4.69) is 22.2 Å². The van der Waals surface area contributed by atoms with E-state index in [1.54, 1.807) is 6.92 Å². The van der Waals surface area contributed by atoms with Crippen LogP contribution in [-0.2, 0) is 16.0 Å². The molecule has 6 heteroatoms. The molecule has 1 aromatic heterocycles. The van der Waals surface area contributed by atoms with Crippen LogP contribution < -0.4 is 5.32 Å². The van der Waals surface area contributed by atoms with Crippen molar-refractivity contribution in [2.45, 2.75) is 33.2 Å². The van der Waals surface area contributed by atoms with E-state index in [9.17, 15) is 9.59 Å². The van der Waals surface area contributed by atoms with Crippen LogP contribution in [0.2, 0.25) is 0 Å². The first kappa shape index (κ1) is 17.6. The third-order valence-corrected chi connectivity index (χ3v) is 3.59. The predicted octanol–water partition coefficient (Wildman–Crippen LogP) is 2.38. The number of nitrogens with one attached hydrogen (secondary N) is 1. The Balaban J connectivity index is 1.83. The molecule has 2 aromatic rings. The molecule has 1 N–H and O–H groups in total. The van der Waals surface area contributed by atoms with E-state index in [0.717, 1.165) is 12.0 Å². The van der Waals surface area contributed by atoms with Crippen molar-refractivity contribution in [2.24, 2.45) is 0 Å². The number of hydrogen-bond acceptors (Lipinski definition) is 5. The maximum atomic E-state index is 11.9. The molecule has 1 atom stereocenters. The van der Waals surface area contributed by atoms with E-state index in [-0.39, 0.29) is 24.2 Å². The molecule has 0 saturated carbocycles. The quantitative estimate of drug-likeness (QED) is 0.824. The highest BCUT2D eigenvalue weighted by molar-refractivity contribution is 5.89. The predicted molar refractivity (Wildman–Crippen MR) is 89.4 cm³/mol. The summed E-state index contributed by atoms with van der Waals surface area (Å²) in [5, 5.41) is 2.80. The van der Waals surface area contributed by atoms with Gasteiger partial charge in [-0.25, -0.2) is 9.78 Å². The second-order valence-electron chi connectivity index (χ2n) is 5.50. The van der Waals surface area contributed by atoms with E-state index in [1.807, 2.05) is 31.2 Å². The second-order valence-corrected chi connectivity index (χ2v) is 5.50. The maximum absolute atomic E-state index is 11.9. The minimum Gasteiger partial charge on any atom is -0.451 e. The third kappa shape index (κ3) is 4.87. The Labute approximate surface area is 141 Å². The number of amides is 1. The van der Waals surface area contributed by atoms with Crippen molar-refractivity contribution in [3.05, 3.63) is 59.2 Å². The Hall–Kier alpha value is -2.76. The van der Waals surface area contributed by atoms with Crippen LogP contribution >= 0.6 is 0 Å². The third-order valence-electron chi connectivity index (χ3n) is 3.59. The summed E-state index contributed by atoms with van der Waals surface area (Å²) in [6.45, 7) is 5.38. The monoisotopic (exact) mass is 327 g/mol. The standard InChI is InChI=1S/C18H21N3O3/c1-4-14-5-7-15(8-6-14)13(3)21-17(22)11-24-18(23)16-10-19-12(2)9-20-16/h5-10,13H,4,11H2,1-3H3,(H,21,22)/t13-/m1/s1. The van der Waals surface area contributed by atoms with Crippen LogP contribution in [-0.4, -0.2) is 28.5 Å². The molecule has 0 bridgehead atoms. The van der Waals surface area contributed by atoms with Crippen LogP contribution in [0.3, 0.4) is 0 Å². The minimum absolute atomic E-state index is 0.0802. The summed E-state index contributed by atoms with van der Waals surface area (Å²) in [6.07, 6.45) is 3.77. The number of nitrogens with zero attached hydrogens (tertiary/aromatic N) is 2. The zero-order valence-corrected chi connectivity index (χ0v) is 14.1. The van der Waals surface area contributed by atoms with Gasteiger partial charge >= 0.3 is 5.97 Å². The summed E-state index contributed by atoms with van der Waals surface area (Å²) in [7, 11) is 0. The SMILES string of the molecule is CCc1ccc([C@@H](C)NC(=O)COC(=O)c2cnc(C)cn2)cc1. The second kappa shape index (κ2) is 8.19. The molecule has 0 fully saturated rings. The summed E-state index contributed by atoms with van der Waals surface area (Å²) in [4.78, 5) is 31.6. The van der Waals surface area contributed by atoms with E-state index in [4.69, 9.17) is 4.74 Å². The fourth-order valence-corrected chi connectivity index (χ4v) is 2.11. The molecule has 0 aliphatic carbocycles. The van der Waals surface area contributed by atoms with Gasteiger partial charge in [0.15, 0.2) is 12.3 Å². The lowest BCUT2D eigenvalue weighted by atomic mass is 10.1. The van der Waals surface area contributed by atoms with Gasteiger partial charge in [0, 0.05) is 6.20 Å². The molecule has 126 valence electrons. The van der Waals surface area contributed by atoms with Crippen molar-refractivity contribution < 1.29 is 14.3 Å². The molecule has 0 aliphatic heterocycles. The Morgan fingerprint density at radius 1 is 1.17 bits per heavy atom. The molecule has 1 aromatic carbocycles. The van der Waals surface area contributed by atoms with Gasteiger partial charge in [-0.1, -0.05) is 31.2 Å². The van der Waals surface area contributed by atoms with E-state index < -0.39 is 5.97 Å². The number of hydrogen-bond donors (Lipinski definition) is 1. The van der Waals surface area contributed by atoms with Gasteiger partial charge in [0.05, 0.1) is 17.9 Å². The summed E-state index contributed by atoms with van der Waals surface area (Å²) < 4.78 is 4.95. The molecule has 0 unspecified atom stereocenters. The fraction of sp³-hybridized carbons (Fsp3) is 0.333. The molecular weight excluding hydrogens is 306 g/mol. The number of esters is 1. The van der Waals surface area contributed by atoms with Crippen molar-refractivity contribution in [2.75, 3.05) is 6.61 Å². The van der Waals surface area contributed by atoms with Gasteiger partial charge in [0.2, 0.25) is 0 Å². The van der Waals surface area contributed by atoms with E-state index in [1.165, 1.54) is 18.0 Å². The number of carbonyl (C=O) groups excluding carboxylic acids is 2. The van der Waals surface area contributed by atoms with Crippen molar-refractivity contribution in [1.29, 1.82) is 0 Å². The zero-order chi connectivity index (χ0) is 17.5. The maximum Gasteiger partial charge on any atom is 0.359 e. The van der Waals surface area contributed by atoms with Crippen LogP contribution in [0.15, 0.2) is 36.7 Å². The topological polar surface area (TPSA) is 81.2 Å². The van der Waals surface area contributed by atoms with Crippen molar-refractivity contribution in [3.8, 4) is 0 Å². The molecule has 1 amide bonds. The highest BCUT2D eigenvalue weighted by atomic mass is 16.5. The molecule has 1 heterocycles. The Kier molecular flexibility index (Phi) is 6.01. The molecule has 0 aliphatic rings. The molecule has 6 nitrogen and oxygen atoms in total. The van der Waals surface area contributed by atoms with Crippen LogP contribution in [0.1, 0.15) is 47.2 Å². The van der Waals surface area contributed by atoms with Gasteiger partial charge in [-0.2, -0.15) is 0 Å².